The summed E-state index contributed by atoms with van der Waals surface area (Å²) in [5.41, 5.74) is 10.6. The molecule has 0 saturated carbocycles. The molecule has 1 aliphatic rings. The summed E-state index contributed by atoms with van der Waals surface area (Å²) in [6.45, 7) is 8.21. The van der Waals surface area contributed by atoms with E-state index in [9.17, 15) is 0 Å². The lowest BCUT2D eigenvalue weighted by Crippen LogP contribution is -2.43. The molecule has 1 saturated heterocycles. The smallest absolute Gasteiger partial charge is 0.132 e. The molecule has 0 bridgehead atoms. The lowest BCUT2D eigenvalue weighted by Gasteiger charge is -2.28. The van der Waals surface area contributed by atoms with Crippen LogP contribution in [0.2, 0.25) is 0 Å². The number of para-hydroxylation sites is 1. The van der Waals surface area contributed by atoms with Crippen molar-refractivity contribution in [3.05, 3.63) is 47.9 Å². The lowest BCUT2D eigenvalue weighted by atomic mass is 10.1. The third-order valence-electron chi connectivity index (χ3n) is 5.11. The van der Waals surface area contributed by atoms with Crippen LogP contribution in [0, 0.1) is 0 Å². The summed E-state index contributed by atoms with van der Waals surface area (Å²) in [6, 6.07) is 10.0. The Morgan fingerprint density at radius 1 is 1.21 bits per heavy atom. The summed E-state index contributed by atoms with van der Waals surface area (Å²) >= 11 is 0. The highest BCUT2D eigenvalue weighted by molar-refractivity contribution is 5.98. The van der Waals surface area contributed by atoms with Crippen LogP contribution in [0.15, 0.2) is 52.9 Å². The van der Waals surface area contributed by atoms with Crippen molar-refractivity contribution in [2.24, 2.45) is 10.7 Å². The number of benzene rings is 1. The molecule has 2 aromatic rings. The maximum absolute atomic E-state index is 6.12. The van der Waals surface area contributed by atoms with Gasteiger partial charge in [-0.05, 0) is 31.6 Å². The van der Waals surface area contributed by atoms with Crippen molar-refractivity contribution < 1.29 is 4.74 Å². The zero-order valence-corrected chi connectivity index (χ0v) is 17.5. The molecule has 0 amide bonds. The van der Waals surface area contributed by atoms with Crippen molar-refractivity contribution in [1.82, 2.24) is 15.3 Å². The minimum absolute atomic E-state index is 0.517. The number of nitrogens with two attached hydrogens (primary N) is 1. The Balaban J connectivity index is 1.76. The third-order valence-corrected chi connectivity index (χ3v) is 5.11. The normalized spacial score (nSPS) is 15.8. The van der Waals surface area contributed by atoms with E-state index < -0.39 is 0 Å². The van der Waals surface area contributed by atoms with E-state index in [1.165, 1.54) is 0 Å². The van der Waals surface area contributed by atoms with Crippen molar-refractivity contribution in [3.8, 4) is 17.0 Å². The molecule has 0 aliphatic carbocycles. The summed E-state index contributed by atoms with van der Waals surface area (Å²) < 4.78 is 6.12. The molecule has 3 rings (SSSR count). The Bertz CT molecular complexity index is 882. The van der Waals surface area contributed by atoms with Crippen molar-refractivity contribution in [2.45, 2.75) is 20.3 Å². The molecule has 0 radical (unpaired) electrons. The molecule has 3 N–H and O–H groups in total. The van der Waals surface area contributed by atoms with Crippen LogP contribution in [0.1, 0.15) is 20.3 Å². The third kappa shape index (κ3) is 5.32. The fourth-order valence-electron chi connectivity index (χ4n) is 3.43. The van der Waals surface area contributed by atoms with Crippen LogP contribution >= 0.6 is 0 Å². The van der Waals surface area contributed by atoms with E-state index in [2.05, 4.69) is 25.2 Å². The van der Waals surface area contributed by atoms with Crippen LogP contribution in [-0.2, 0) is 0 Å². The molecular formula is C22H30N6O. The molecule has 154 valence electrons. The standard InChI is InChI=1S/C22H30N6O/c1-16(23)18(17(2)24-3)8-13-29-21-7-5-4-6-19(21)20-14-22(27-15-26-20)28-11-9-25-10-12-28/h4-7,14-15,25H,8-13,23H2,1-3H3/b18-16-,24-17?. The second kappa shape index (κ2) is 10.0. The first-order valence-corrected chi connectivity index (χ1v) is 9.99. The van der Waals surface area contributed by atoms with E-state index >= 15 is 0 Å². The van der Waals surface area contributed by atoms with Gasteiger partial charge in [-0.1, -0.05) is 12.1 Å². The second-order valence-corrected chi connectivity index (χ2v) is 7.06. The molecular weight excluding hydrogens is 364 g/mol. The minimum atomic E-state index is 0.517. The lowest BCUT2D eigenvalue weighted by molar-refractivity contribution is 0.324. The quantitative estimate of drug-likeness (QED) is 0.702. The topological polar surface area (TPSA) is 88.7 Å². The number of anilines is 1. The van der Waals surface area contributed by atoms with Gasteiger partial charge in [-0.25, -0.2) is 9.97 Å². The van der Waals surface area contributed by atoms with Gasteiger partial charge in [-0.3, -0.25) is 4.99 Å². The van der Waals surface area contributed by atoms with Gasteiger partial charge < -0.3 is 20.7 Å². The van der Waals surface area contributed by atoms with Gasteiger partial charge in [0.05, 0.1) is 12.3 Å². The fraction of sp³-hybridized carbons (Fsp3) is 0.409. The largest absolute Gasteiger partial charge is 0.493 e. The number of nitrogens with one attached hydrogen (secondary N) is 1. The Morgan fingerprint density at radius 2 is 1.97 bits per heavy atom. The molecule has 0 unspecified atom stereocenters. The number of ether oxygens (including phenoxy) is 1. The summed E-state index contributed by atoms with van der Waals surface area (Å²) in [7, 11) is 1.78. The molecule has 1 aromatic carbocycles. The maximum atomic E-state index is 6.12. The number of piperazine rings is 1. The van der Waals surface area contributed by atoms with E-state index in [0.717, 1.165) is 66.0 Å². The van der Waals surface area contributed by atoms with Crippen LogP contribution < -0.4 is 20.7 Å². The first-order valence-electron chi connectivity index (χ1n) is 9.99. The SMILES string of the molecule is CN=C(C)/C(CCOc1ccccc1-c1cc(N2CCNCC2)ncn1)=C(/C)N. The van der Waals surface area contributed by atoms with Gasteiger partial charge in [0.15, 0.2) is 0 Å². The van der Waals surface area contributed by atoms with Crippen LogP contribution in [0.3, 0.4) is 0 Å². The molecule has 7 heteroatoms. The highest BCUT2D eigenvalue weighted by Crippen LogP contribution is 2.30. The van der Waals surface area contributed by atoms with E-state index in [1.54, 1.807) is 13.4 Å². The summed E-state index contributed by atoms with van der Waals surface area (Å²) in [4.78, 5) is 15.5. The van der Waals surface area contributed by atoms with Gasteiger partial charge in [-0.2, -0.15) is 0 Å². The summed E-state index contributed by atoms with van der Waals surface area (Å²) in [5.74, 6) is 1.75. The van der Waals surface area contributed by atoms with Crippen molar-refractivity contribution in [1.29, 1.82) is 0 Å². The van der Waals surface area contributed by atoms with Crippen LogP contribution in [0.25, 0.3) is 11.3 Å². The molecule has 1 fully saturated rings. The van der Waals surface area contributed by atoms with Gasteiger partial charge in [0.2, 0.25) is 0 Å². The Morgan fingerprint density at radius 3 is 2.69 bits per heavy atom. The van der Waals surface area contributed by atoms with Crippen molar-refractivity contribution in [2.75, 3.05) is 44.7 Å². The average molecular weight is 395 g/mol. The zero-order valence-electron chi connectivity index (χ0n) is 17.5. The molecule has 7 nitrogen and oxygen atoms in total. The highest BCUT2D eigenvalue weighted by Gasteiger charge is 2.15. The van der Waals surface area contributed by atoms with Gasteiger partial charge in [0.1, 0.15) is 17.9 Å². The molecule has 1 aromatic heterocycles. The number of allylic oxidation sites excluding steroid dienone is 1. The number of hydrogen-bond donors (Lipinski definition) is 2. The monoisotopic (exact) mass is 394 g/mol. The predicted octanol–water partition coefficient (Wildman–Crippen LogP) is 2.65. The highest BCUT2D eigenvalue weighted by atomic mass is 16.5. The van der Waals surface area contributed by atoms with E-state index in [1.807, 2.05) is 44.2 Å². The summed E-state index contributed by atoms with van der Waals surface area (Å²) in [6.07, 6.45) is 2.33. The van der Waals surface area contributed by atoms with Crippen molar-refractivity contribution in [3.63, 3.8) is 0 Å². The Hall–Kier alpha value is -2.93. The number of rotatable bonds is 7. The Kier molecular flexibility index (Phi) is 7.19. The second-order valence-electron chi connectivity index (χ2n) is 7.06. The van der Waals surface area contributed by atoms with Gasteiger partial charge in [0, 0.05) is 62.7 Å². The number of aromatic nitrogens is 2. The van der Waals surface area contributed by atoms with E-state index in [4.69, 9.17) is 10.5 Å². The van der Waals surface area contributed by atoms with E-state index in [0.29, 0.717) is 13.0 Å². The number of aliphatic imine (C=N–C) groups is 1. The molecule has 2 heterocycles. The first-order chi connectivity index (χ1) is 14.1. The molecule has 0 spiro atoms. The average Bonchev–Trinajstić information content (AvgIpc) is 2.77. The zero-order chi connectivity index (χ0) is 20.6. The van der Waals surface area contributed by atoms with Crippen LogP contribution in [0.4, 0.5) is 5.82 Å². The predicted molar refractivity (Wildman–Crippen MR) is 119 cm³/mol. The van der Waals surface area contributed by atoms with Crippen molar-refractivity contribution >= 4 is 11.5 Å². The van der Waals surface area contributed by atoms with Gasteiger partial charge in [-0.15, -0.1) is 0 Å². The van der Waals surface area contributed by atoms with Gasteiger partial charge >= 0.3 is 0 Å². The van der Waals surface area contributed by atoms with Gasteiger partial charge in [0.25, 0.3) is 0 Å². The molecule has 29 heavy (non-hydrogen) atoms. The van der Waals surface area contributed by atoms with E-state index in [-0.39, 0.29) is 0 Å². The molecule has 0 atom stereocenters. The number of nitrogens with zero attached hydrogens (tertiary/aromatic N) is 4. The molecule has 1 aliphatic heterocycles. The first kappa shape index (κ1) is 20.8. The van der Waals surface area contributed by atoms with Crippen LogP contribution in [0.5, 0.6) is 5.75 Å². The van der Waals surface area contributed by atoms with Crippen LogP contribution in [-0.4, -0.2) is 55.5 Å². The summed E-state index contributed by atoms with van der Waals surface area (Å²) in [5, 5.41) is 3.37. The fourth-order valence-corrected chi connectivity index (χ4v) is 3.43. The maximum Gasteiger partial charge on any atom is 0.132 e. The number of hydrogen-bond acceptors (Lipinski definition) is 7. The minimum Gasteiger partial charge on any atom is -0.493 e. The Labute approximate surface area is 172 Å².